The SMILES string of the molecule is CCOCC(CC)(CC)C(CC)(CC)COCC. The summed E-state index contributed by atoms with van der Waals surface area (Å²) < 4.78 is 11.6. The van der Waals surface area contributed by atoms with E-state index in [1.54, 1.807) is 0 Å². The van der Waals surface area contributed by atoms with E-state index in [-0.39, 0.29) is 10.8 Å². The quantitative estimate of drug-likeness (QED) is 0.536. The van der Waals surface area contributed by atoms with Gasteiger partial charge in [-0.25, -0.2) is 0 Å². The molecule has 0 fully saturated rings. The lowest BCUT2D eigenvalue weighted by molar-refractivity contribution is -0.101. The van der Waals surface area contributed by atoms with Crippen molar-refractivity contribution in [2.45, 2.75) is 67.2 Å². The highest BCUT2D eigenvalue weighted by molar-refractivity contribution is 4.95. The third kappa shape index (κ3) is 3.71. The lowest BCUT2D eigenvalue weighted by atomic mass is 9.58. The average Bonchev–Trinajstić information content (AvgIpc) is 2.43. The van der Waals surface area contributed by atoms with E-state index >= 15 is 0 Å². The number of hydrogen-bond acceptors (Lipinski definition) is 2. The van der Waals surface area contributed by atoms with Crippen molar-refractivity contribution >= 4 is 0 Å². The standard InChI is InChI=1S/C16H34O2/c1-7-15(8-2,13-17-11-5)16(9-3,10-4)14-18-12-6/h7-14H2,1-6H3. The van der Waals surface area contributed by atoms with E-state index in [0.717, 1.165) is 52.1 Å². The molecule has 0 aromatic carbocycles. The normalized spacial score (nSPS) is 13.0. The molecule has 0 heterocycles. The van der Waals surface area contributed by atoms with E-state index in [1.807, 2.05) is 0 Å². The monoisotopic (exact) mass is 258 g/mol. The van der Waals surface area contributed by atoms with E-state index in [1.165, 1.54) is 0 Å². The van der Waals surface area contributed by atoms with Gasteiger partial charge < -0.3 is 9.47 Å². The van der Waals surface area contributed by atoms with Gasteiger partial charge in [0.25, 0.3) is 0 Å². The molecule has 110 valence electrons. The first kappa shape index (κ1) is 17.9. The Bertz CT molecular complexity index is 171. The van der Waals surface area contributed by atoms with Crippen LogP contribution in [0, 0.1) is 10.8 Å². The predicted octanol–water partition coefficient (Wildman–Crippen LogP) is 4.67. The van der Waals surface area contributed by atoms with Gasteiger partial charge >= 0.3 is 0 Å². The number of hydrogen-bond donors (Lipinski definition) is 0. The molecule has 0 spiro atoms. The number of rotatable bonds is 11. The van der Waals surface area contributed by atoms with Gasteiger partial charge in [0.1, 0.15) is 0 Å². The summed E-state index contributed by atoms with van der Waals surface area (Å²) in [4.78, 5) is 0. The first-order chi connectivity index (χ1) is 8.61. The molecule has 0 N–H and O–H groups in total. The van der Waals surface area contributed by atoms with Gasteiger partial charge in [-0.1, -0.05) is 27.7 Å². The molecule has 0 aliphatic heterocycles. The van der Waals surface area contributed by atoms with E-state index in [2.05, 4.69) is 41.5 Å². The molecule has 2 nitrogen and oxygen atoms in total. The lowest BCUT2D eigenvalue weighted by Gasteiger charge is -2.49. The van der Waals surface area contributed by atoms with Crippen LogP contribution in [0.1, 0.15) is 67.2 Å². The van der Waals surface area contributed by atoms with Gasteiger partial charge in [-0.15, -0.1) is 0 Å². The summed E-state index contributed by atoms with van der Waals surface area (Å²) in [5.41, 5.74) is 0.503. The summed E-state index contributed by atoms with van der Waals surface area (Å²) >= 11 is 0. The van der Waals surface area contributed by atoms with Gasteiger partial charge in [0, 0.05) is 24.0 Å². The van der Waals surface area contributed by atoms with Crippen molar-refractivity contribution in [2.75, 3.05) is 26.4 Å². The van der Waals surface area contributed by atoms with Crippen LogP contribution in [0.25, 0.3) is 0 Å². The van der Waals surface area contributed by atoms with Crippen molar-refractivity contribution in [3.8, 4) is 0 Å². The van der Waals surface area contributed by atoms with Crippen molar-refractivity contribution in [1.29, 1.82) is 0 Å². The molecule has 0 aromatic heterocycles. The molecular weight excluding hydrogens is 224 g/mol. The molecule has 0 rings (SSSR count). The summed E-state index contributed by atoms with van der Waals surface area (Å²) in [6.45, 7) is 16.7. The van der Waals surface area contributed by atoms with E-state index < -0.39 is 0 Å². The zero-order valence-corrected chi connectivity index (χ0v) is 13.5. The summed E-state index contributed by atoms with van der Waals surface area (Å²) in [7, 11) is 0. The Labute approximate surface area is 114 Å². The van der Waals surface area contributed by atoms with Crippen molar-refractivity contribution in [2.24, 2.45) is 10.8 Å². The second-order valence-electron chi connectivity index (χ2n) is 5.25. The van der Waals surface area contributed by atoms with Crippen molar-refractivity contribution in [3.05, 3.63) is 0 Å². The van der Waals surface area contributed by atoms with Gasteiger partial charge in [-0.05, 0) is 39.5 Å². The highest BCUT2D eigenvalue weighted by Crippen LogP contribution is 2.50. The average molecular weight is 258 g/mol. The van der Waals surface area contributed by atoms with Gasteiger partial charge in [0.05, 0.1) is 13.2 Å². The predicted molar refractivity (Wildman–Crippen MR) is 79.0 cm³/mol. The first-order valence-corrected chi connectivity index (χ1v) is 7.77. The molecule has 0 radical (unpaired) electrons. The fourth-order valence-corrected chi connectivity index (χ4v) is 3.31. The molecule has 0 aromatic rings. The van der Waals surface area contributed by atoms with Crippen LogP contribution >= 0.6 is 0 Å². The van der Waals surface area contributed by atoms with Crippen LogP contribution in [0.15, 0.2) is 0 Å². The summed E-state index contributed by atoms with van der Waals surface area (Å²) in [5.74, 6) is 0. The highest BCUT2D eigenvalue weighted by atomic mass is 16.5. The second-order valence-corrected chi connectivity index (χ2v) is 5.25. The minimum atomic E-state index is 0.252. The fourth-order valence-electron chi connectivity index (χ4n) is 3.31. The van der Waals surface area contributed by atoms with Gasteiger partial charge in [0.2, 0.25) is 0 Å². The maximum Gasteiger partial charge on any atom is 0.0528 e. The zero-order chi connectivity index (χ0) is 14.1. The van der Waals surface area contributed by atoms with Gasteiger partial charge in [-0.3, -0.25) is 0 Å². The van der Waals surface area contributed by atoms with Gasteiger partial charge in [-0.2, -0.15) is 0 Å². The third-order valence-electron chi connectivity index (χ3n) is 5.00. The van der Waals surface area contributed by atoms with E-state index in [0.29, 0.717) is 0 Å². The van der Waals surface area contributed by atoms with Crippen LogP contribution in [-0.2, 0) is 9.47 Å². The Balaban J connectivity index is 5.17. The van der Waals surface area contributed by atoms with Crippen molar-refractivity contribution in [3.63, 3.8) is 0 Å². The molecule has 0 amide bonds. The van der Waals surface area contributed by atoms with Crippen molar-refractivity contribution < 1.29 is 9.47 Å². The summed E-state index contributed by atoms with van der Waals surface area (Å²) in [6.07, 6.45) is 4.66. The minimum absolute atomic E-state index is 0.252. The molecular formula is C16H34O2. The molecule has 0 bridgehead atoms. The van der Waals surface area contributed by atoms with Crippen molar-refractivity contribution in [1.82, 2.24) is 0 Å². The molecule has 2 heteroatoms. The number of ether oxygens (including phenoxy) is 2. The molecule has 0 atom stereocenters. The highest BCUT2D eigenvalue weighted by Gasteiger charge is 2.46. The molecule has 0 saturated carbocycles. The molecule has 0 aliphatic carbocycles. The smallest absolute Gasteiger partial charge is 0.0528 e. The second kappa shape index (κ2) is 8.92. The largest absolute Gasteiger partial charge is 0.381 e. The minimum Gasteiger partial charge on any atom is -0.381 e. The topological polar surface area (TPSA) is 18.5 Å². The molecule has 0 aliphatic rings. The van der Waals surface area contributed by atoms with Crippen LogP contribution in [0.5, 0.6) is 0 Å². The lowest BCUT2D eigenvalue weighted by Crippen LogP contribution is -2.47. The Kier molecular flexibility index (Phi) is 8.89. The van der Waals surface area contributed by atoms with E-state index in [9.17, 15) is 0 Å². The zero-order valence-electron chi connectivity index (χ0n) is 13.5. The van der Waals surface area contributed by atoms with Crippen LogP contribution in [0.4, 0.5) is 0 Å². The summed E-state index contributed by atoms with van der Waals surface area (Å²) in [5, 5.41) is 0. The van der Waals surface area contributed by atoms with Crippen LogP contribution < -0.4 is 0 Å². The van der Waals surface area contributed by atoms with Crippen LogP contribution in [0.2, 0.25) is 0 Å². The maximum absolute atomic E-state index is 5.81. The molecule has 18 heavy (non-hydrogen) atoms. The van der Waals surface area contributed by atoms with E-state index in [4.69, 9.17) is 9.47 Å². The Morgan fingerprint density at radius 2 is 0.833 bits per heavy atom. The first-order valence-electron chi connectivity index (χ1n) is 7.77. The Hall–Kier alpha value is -0.0800. The molecule has 0 unspecified atom stereocenters. The molecule has 0 saturated heterocycles. The fraction of sp³-hybridized carbons (Fsp3) is 1.00. The van der Waals surface area contributed by atoms with Crippen LogP contribution in [0.3, 0.4) is 0 Å². The third-order valence-corrected chi connectivity index (χ3v) is 5.00. The Morgan fingerprint density at radius 3 is 1.00 bits per heavy atom. The van der Waals surface area contributed by atoms with Gasteiger partial charge in [0.15, 0.2) is 0 Å². The Morgan fingerprint density at radius 1 is 0.556 bits per heavy atom. The summed E-state index contributed by atoms with van der Waals surface area (Å²) in [6, 6.07) is 0. The maximum atomic E-state index is 5.81. The van der Waals surface area contributed by atoms with Crippen LogP contribution in [-0.4, -0.2) is 26.4 Å².